The van der Waals surface area contributed by atoms with E-state index in [2.05, 4.69) is 0 Å². The highest BCUT2D eigenvalue weighted by Gasteiger charge is 2.72. The molecule has 4 atom stereocenters. The third kappa shape index (κ3) is 4.13. The maximum Gasteiger partial charge on any atom is 0.203 e. The number of hydrogen-bond acceptors (Lipinski definition) is 8. The van der Waals surface area contributed by atoms with Crippen LogP contribution in [0.3, 0.4) is 0 Å². The molecule has 1 fully saturated rings. The Labute approximate surface area is 250 Å². The van der Waals surface area contributed by atoms with Crippen LogP contribution in [0.25, 0.3) is 16.9 Å². The topological polar surface area (TPSA) is 149 Å². The molecule has 3 aliphatic rings. The Morgan fingerprint density at radius 3 is 2.19 bits per heavy atom. The van der Waals surface area contributed by atoms with Gasteiger partial charge in [-0.3, -0.25) is 19.2 Å². The number of phenols is 1. The highest BCUT2D eigenvalue weighted by Crippen LogP contribution is 2.65. The molecule has 226 valence electrons. The molecule has 3 aliphatic carbocycles. The fourth-order valence-corrected chi connectivity index (χ4v) is 8.14. The SMILES string of the molecule is CCC(=O)Cc1ccc(-c2ccc(O)c3c2C[C@]2(C)C[C@]4(C)C(C(C)C)C(=O)C(C(C)=O)=C(O)[C@]4(O)C(=O)C2=C3O)cc1. The van der Waals surface area contributed by atoms with Gasteiger partial charge in [0.25, 0.3) is 0 Å². The highest BCUT2D eigenvalue weighted by atomic mass is 16.3. The molecule has 0 heterocycles. The number of phenolic OH excluding ortho intramolecular Hbond substituents is 1. The molecule has 0 aromatic heterocycles. The fourth-order valence-electron chi connectivity index (χ4n) is 8.14. The number of benzene rings is 2. The first-order chi connectivity index (χ1) is 20.0. The predicted octanol–water partition coefficient (Wildman–Crippen LogP) is 5.38. The summed E-state index contributed by atoms with van der Waals surface area (Å²) in [6.45, 7) is 9.83. The Hall–Kier alpha value is -4.04. The number of hydrogen-bond donors (Lipinski definition) is 4. The van der Waals surface area contributed by atoms with Gasteiger partial charge in [-0.15, -0.1) is 0 Å². The summed E-state index contributed by atoms with van der Waals surface area (Å²) in [6.07, 6.45) is 0.973. The highest BCUT2D eigenvalue weighted by molar-refractivity contribution is 6.24. The van der Waals surface area contributed by atoms with Crippen LogP contribution >= 0.6 is 0 Å². The van der Waals surface area contributed by atoms with Crippen LogP contribution in [-0.2, 0) is 32.0 Å². The van der Waals surface area contributed by atoms with Crippen LogP contribution in [0.1, 0.15) is 71.1 Å². The van der Waals surface area contributed by atoms with Gasteiger partial charge < -0.3 is 20.4 Å². The van der Waals surface area contributed by atoms with Crippen molar-refractivity contribution in [3.63, 3.8) is 0 Å². The number of carbonyl (C=O) groups is 4. The summed E-state index contributed by atoms with van der Waals surface area (Å²) in [5.74, 6) is -5.36. The van der Waals surface area contributed by atoms with Crippen molar-refractivity contribution in [2.45, 2.75) is 72.8 Å². The van der Waals surface area contributed by atoms with Crippen molar-refractivity contribution < 1.29 is 39.6 Å². The molecule has 5 rings (SSSR count). The Balaban J connectivity index is 1.73. The third-order valence-electron chi connectivity index (χ3n) is 9.95. The van der Waals surface area contributed by atoms with E-state index < -0.39 is 62.7 Å². The van der Waals surface area contributed by atoms with Crippen LogP contribution in [0.2, 0.25) is 0 Å². The number of Topliss-reactive ketones (excluding diaryl/α,β-unsaturated/α-hetero) is 4. The summed E-state index contributed by atoms with van der Waals surface area (Å²) in [5.41, 5.74) is -3.00. The smallest absolute Gasteiger partial charge is 0.203 e. The van der Waals surface area contributed by atoms with Crippen molar-refractivity contribution >= 4 is 28.9 Å². The minimum absolute atomic E-state index is 0.0259. The van der Waals surface area contributed by atoms with Gasteiger partial charge in [0.05, 0.1) is 5.56 Å². The maximum absolute atomic E-state index is 14.4. The molecule has 8 heteroatoms. The molecule has 1 saturated carbocycles. The standard InChI is InChI=1S/C35H38O8/c1-7-21(37)14-19-8-10-20(11-9-19)22-12-13-24(38)26-23(22)15-33(5)16-34(6)27(17(2)3)29(39)25(18(4)36)31(41)35(34,43)32(42)28(33)30(26)40/h8-13,17,27,38,40-41,43H,7,14-16H2,1-6H3/t27?,33-,34-,35+/m1/s1. The molecule has 1 unspecified atom stereocenters. The predicted molar refractivity (Wildman–Crippen MR) is 160 cm³/mol. The Morgan fingerprint density at radius 1 is 1.00 bits per heavy atom. The third-order valence-corrected chi connectivity index (χ3v) is 9.95. The maximum atomic E-state index is 14.4. The normalized spacial score (nSPS) is 28.5. The zero-order valence-electron chi connectivity index (χ0n) is 25.4. The van der Waals surface area contributed by atoms with Crippen LogP contribution in [-0.4, -0.2) is 49.2 Å². The van der Waals surface area contributed by atoms with E-state index in [0.717, 1.165) is 18.1 Å². The molecule has 8 nitrogen and oxygen atoms in total. The van der Waals surface area contributed by atoms with Gasteiger partial charge in [-0.25, -0.2) is 0 Å². The van der Waals surface area contributed by atoms with Gasteiger partial charge in [-0.05, 0) is 54.0 Å². The summed E-state index contributed by atoms with van der Waals surface area (Å²) in [6, 6.07) is 10.6. The second kappa shape index (κ2) is 10.0. The van der Waals surface area contributed by atoms with Gasteiger partial charge in [0.2, 0.25) is 5.78 Å². The molecule has 0 amide bonds. The summed E-state index contributed by atoms with van der Waals surface area (Å²) >= 11 is 0. The first kappa shape index (κ1) is 30.4. The summed E-state index contributed by atoms with van der Waals surface area (Å²) < 4.78 is 0. The first-order valence-electron chi connectivity index (χ1n) is 14.7. The lowest BCUT2D eigenvalue weighted by Crippen LogP contribution is -2.69. The van der Waals surface area contributed by atoms with Gasteiger partial charge in [0, 0.05) is 35.2 Å². The van der Waals surface area contributed by atoms with Crippen LogP contribution in [0.15, 0.2) is 53.3 Å². The molecule has 0 aliphatic heterocycles. The molecule has 0 bridgehead atoms. The van der Waals surface area contributed by atoms with E-state index >= 15 is 0 Å². The van der Waals surface area contributed by atoms with Crippen molar-refractivity contribution in [3.8, 4) is 16.9 Å². The van der Waals surface area contributed by atoms with Crippen LogP contribution < -0.4 is 0 Å². The van der Waals surface area contributed by atoms with Crippen LogP contribution in [0, 0.1) is 22.7 Å². The number of carbonyl (C=O) groups excluding carboxylic acids is 4. The summed E-state index contributed by atoms with van der Waals surface area (Å²) in [7, 11) is 0. The number of fused-ring (bicyclic) bond motifs is 3. The quantitative estimate of drug-likeness (QED) is 0.330. The van der Waals surface area contributed by atoms with E-state index in [1.165, 1.54) is 6.07 Å². The van der Waals surface area contributed by atoms with Crippen molar-refractivity contribution in [2.24, 2.45) is 22.7 Å². The molecule has 4 N–H and O–H groups in total. The first-order valence-corrected chi connectivity index (χ1v) is 14.7. The Morgan fingerprint density at radius 2 is 1.63 bits per heavy atom. The number of aromatic hydroxyl groups is 1. The zero-order valence-corrected chi connectivity index (χ0v) is 25.4. The van der Waals surface area contributed by atoms with Crippen molar-refractivity contribution in [1.29, 1.82) is 0 Å². The Kier molecular flexibility index (Phi) is 7.08. The molecule has 43 heavy (non-hydrogen) atoms. The molecular formula is C35H38O8. The molecular weight excluding hydrogens is 548 g/mol. The van der Waals surface area contributed by atoms with Gasteiger partial charge in [0.1, 0.15) is 28.6 Å². The number of ketones is 4. The van der Waals surface area contributed by atoms with Crippen molar-refractivity contribution in [1.82, 2.24) is 0 Å². The number of aliphatic hydroxyl groups excluding tert-OH is 2. The van der Waals surface area contributed by atoms with E-state index in [1.54, 1.807) is 33.8 Å². The van der Waals surface area contributed by atoms with Gasteiger partial charge in [-0.2, -0.15) is 0 Å². The lowest BCUT2D eigenvalue weighted by molar-refractivity contribution is -0.178. The number of aliphatic hydroxyl groups is 3. The van der Waals surface area contributed by atoms with Gasteiger partial charge in [-0.1, -0.05) is 65.0 Å². The minimum Gasteiger partial charge on any atom is -0.508 e. The van der Waals surface area contributed by atoms with E-state index in [0.29, 0.717) is 24.0 Å². The molecule has 0 radical (unpaired) electrons. The van der Waals surface area contributed by atoms with Gasteiger partial charge in [0.15, 0.2) is 17.2 Å². The summed E-state index contributed by atoms with van der Waals surface area (Å²) in [4.78, 5) is 52.6. The molecule has 0 saturated heterocycles. The average Bonchev–Trinajstić information content (AvgIpc) is 2.91. The van der Waals surface area contributed by atoms with Crippen molar-refractivity contribution in [3.05, 3.63) is 70.0 Å². The summed E-state index contributed by atoms with van der Waals surface area (Å²) in [5, 5.41) is 46.1. The van der Waals surface area contributed by atoms with Crippen LogP contribution in [0.5, 0.6) is 5.75 Å². The molecule has 2 aromatic carbocycles. The minimum atomic E-state index is -2.64. The molecule has 0 spiro atoms. The van der Waals surface area contributed by atoms with Crippen LogP contribution in [0.4, 0.5) is 0 Å². The largest absolute Gasteiger partial charge is 0.508 e. The lowest BCUT2D eigenvalue weighted by atomic mass is 9.43. The molecule has 2 aromatic rings. The second-order valence-corrected chi connectivity index (χ2v) is 13.2. The second-order valence-electron chi connectivity index (χ2n) is 13.2. The number of allylic oxidation sites excluding steroid dienone is 1. The zero-order chi connectivity index (χ0) is 31.8. The van der Waals surface area contributed by atoms with E-state index in [9.17, 15) is 39.6 Å². The Bertz CT molecular complexity index is 1660. The average molecular weight is 587 g/mol. The van der Waals surface area contributed by atoms with Crippen molar-refractivity contribution in [2.75, 3.05) is 0 Å². The fraction of sp³-hybridized carbons (Fsp3) is 0.429. The van der Waals surface area contributed by atoms with E-state index in [-0.39, 0.29) is 35.5 Å². The van der Waals surface area contributed by atoms with E-state index in [1.807, 2.05) is 31.2 Å². The van der Waals surface area contributed by atoms with Gasteiger partial charge >= 0.3 is 0 Å². The number of rotatable bonds is 6. The van der Waals surface area contributed by atoms with E-state index in [4.69, 9.17) is 0 Å². The lowest BCUT2D eigenvalue weighted by Gasteiger charge is -2.59. The monoisotopic (exact) mass is 586 g/mol.